The van der Waals surface area contributed by atoms with Crippen molar-refractivity contribution in [3.63, 3.8) is 0 Å². The van der Waals surface area contributed by atoms with Crippen molar-refractivity contribution >= 4 is 5.91 Å². The SMILES string of the molecule is Cc1cn(-c2nc(C(=O)NC(CO)c3ccc(OC(F)(F)F)c(F)c3)cc(=O)[nH]2)cn1. The third-order valence-corrected chi connectivity index (χ3v) is 3.99. The molecule has 2 aromatic heterocycles. The first kappa shape index (κ1) is 22.0. The minimum atomic E-state index is -5.08. The number of aromatic nitrogens is 4. The van der Waals surface area contributed by atoms with Crippen LogP contribution in [0.4, 0.5) is 17.6 Å². The maximum absolute atomic E-state index is 13.9. The molecule has 1 aromatic carbocycles. The van der Waals surface area contributed by atoms with Gasteiger partial charge in [0, 0.05) is 12.3 Å². The summed E-state index contributed by atoms with van der Waals surface area (Å²) in [6, 6.07) is 2.18. The number of nitrogens with one attached hydrogen (secondary N) is 2. The molecule has 0 saturated carbocycles. The third-order valence-electron chi connectivity index (χ3n) is 3.99. The van der Waals surface area contributed by atoms with Gasteiger partial charge < -0.3 is 15.2 Å². The summed E-state index contributed by atoms with van der Waals surface area (Å²) in [7, 11) is 0. The van der Waals surface area contributed by atoms with Crippen LogP contribution >= 0.6 is 0 Å². The van der Waals surface area contributed by atoms with E-state index in [1.165, 1.54) is 10.9 Å². The molecule has 3 N–H and O–H groups in total. The molecular formula is C18H15F4N5O4. The summed E-state index contributed by atoms with van der Waals surface area (Å²) in [5, 5.41) is 11.9. The third kappa shape index (κ3) is 5.45. The van der Waals surface area contributed by atoms with Crippen LogP contribution in [0.5, 0.6) is 5.75 Å². The van der Waals surface area contributed by atoms with E-state index >= 15 is 0 Å². The van der Waals surface area contributed by atoms with E-state index in [-0.39, 0.29) is 17.2 Å². The smallest absolute Gasteiger partial charge is 0.403 e. The number of rotatable bonds is 6. The summed E-state index contributed by atoms with van der Waals surface area (Å²) in [6.45, 7) is 1.00. The normalized spacial score (nSPS) is 12.5. The number of hydrogen-bond acceptors (Lipinski definition) is 6. The summed E-state index contributed by atoms with van der Waals surface area (Å²) in [5.74, 6) is -3.26. The van der Waals surface area contributed by atoms with Gasteiger partial charge in [0.05, 0.1) is 18.3 Å². The molecule has 0 aliphatic carbocycles. The first-order valence-corrected chi connectivity index (χ1v) is 8.65. The number of ether oxygens (including phenoxy) is 1. The van der Waals surface area contributed by atoms with E-state index in [1.807, 2.05) is 0 Å². The molecule has 0 spiro atoms. The molecule has 1 atom stereocenters. The molecule has 2 heterocycles. The molecule has 0 bridgehead atoms. The van der Waals surface area contributed by atoms with E-state index < -0.39 is 42.0 Å². The number of amides is 1. The lowest BCUT2D eigenvalue weighted by Gasteiger charge is -2.18. The van der Waals surface area contributed by atoms with Gasteiger partial charge >= 0.3 is 6.36 Å². The molecule has 1 amide bonds. The number of aliphatic hydroxyl groups excluding tert-OH is 1. The van der Waals surface area contributed by atoms with Gasteiger partial charge in [0.15, 0.2) is 11.6 Å². The van der Waals surface area contributed by atoms with Crippen molar-refractivity contribution in [2.24, 2.45) is 0 Å². The first-order valence-electron chi connectivity index (χ1n) is 8.65. The van der Waals surface area contributed by atoms with Crippen LogP contribution in [0.25, 0.3) is 5.95 Å². The van der Waals surface area contributed by atoms with Crippen LogP contribution in [-0.4, -0.2) is 43.5 Å². The van der Waals surface area contributed by atoms with Crippen LogP contribution in [-0.2, 0) is 0 Å². The van der Waals surface area contributed by atoms with Crippen LogP contribution < -0.4 is 15.6 Å². The zero-order valence-electron chi connectivity index (χ0n) is 15.8. The number of H-pyrrole nitrogens is 1. The molecule has 0 aliphatic rings. The average molecular weight is 441 g/mol. The highest BCUT2D eigenvalue weighted by Crippen LogP contribution is 2.27. The van der Waals surface area contributed by atoms with Crippen LogP contribution in [0.15, 0.2) is 41.6 Å². The predicted molar refractivity (Wildman–Crippen MR) is 97.1 cm³/mol. The average Bonchev–Trinajstić information content (AvgIpc) is 3.12. The molecule has 31 heavy (non-hydrogen) atoms. The van der Waals surface area contributed by atoms with Crippen LogP contribution in [0.3, 0.4) is 0 Å². The van der Waals surface area contributed by atoms with Crippen LogP contribution in [0, 0.1) is 12.7 Å². The van der Waals surface area contributed by atoms with Gasteiger partial charge in [0.1, 0.15) is 12.0 Å². The lowest BCUT2D eigenvalue weighted by molar-refractivity contribution is -0.275. The second kappa shape index (κ2) is 8.55. The number of carbonyl (C=O) groups is 1. The van der Waals surface area contributed by atoms with Gasteiger partial charge in [-0.2, -0.15) is 0 Å². The van der Waals surface area contributed by atoms with Gasteiger partial charge in [-0.25, -0.2) is 14.4 Å². The Hall–Kier alpha value is -3.74. The lowest BCUT2D eigenvalue weighted by atomic mass is 10.1. The number of halogens is 4. The monoisotopic (exact) mass is 441 g/mol. The van der Waals surface area contributed by atoms with Gasteiger partial charge in [-0.05, 0) is 24.6 Å². The molecule has 9 nitrogen and oxygen atoms in total. The second-order valence-corrected chi connectivity index (χ2v) is 6.32. The number of benzene rings is 1. The van der Waals surface area contributed by atoms with Gasteiger partial charge in [0.2, 0.25) is 5.95 Å². The maximum Gasteiger partial charge on any atom is 0.573 e. The predicted octanol–water partition coefficient (Wildman–Crippen LogP) is 1.77. The van der Waals surface area contributed by atoms with Crippen molar-refractivity contribution in [2.75, 3.05) is 6.61 Å². The van der Waals surface area contributed by atoms with Crippen molar-refractivity contribution in [1.82, 2.24) is 24.8 Å². The minimum Gasteiger partial charge on any atom is -0.403 e. The summed E-state index contributed by atoms with van der Waals surface area (Å²) in [5.41, 5.74) is -0.334. The molecule has 3 aromatic rings. The topological polar surface area (TPSA) is 122 Å². The summed E-state index contributed by atoms with van der Waals surface area (Å²) in [6.07, 6.45) is -2.15. The van der Waals surface area contributed by atoms with Crippen molar-refractivity contribution in [3.8, 4) is 11.7 Å². The zero-order valence-corrected chi connectivity index (χ0v) is 15.8. The molecule has 1 unspecified atom stereocenters. The highest BCUT2D eigenvalue weighted by molar-refractivity contribution is 5.92. The molecular weight excluding hydrogens is 426 g/mol. The van der Waals surface area contributed by atoms with E-state index in [1.54, 1.807) is 13.1 Å². The van der Waals surface area contributed by atoms with Gasteiger partial charge in [-0.3, -0.25) is 19.1 Å². The fourth-order valence-corrected chi connectivity index (χ4v) is 2.63. The number of alkyl halides is 3. The van der Waals surface area contributed by atoms with Crippen molar-refractivity contribution in [2.45, 2.75) is 19.3 Å². The standard InChI is InChI=1S/C18H15F4N5O4/c1-9-6-27(8-23-9)17-25-12(5-15(29)26-17)16(30)24-13(7-28)10-2-3-14(11(19)4-10)31-18(20,21)22/h2-6,8,13,28H,7H2,1H3,(H,24,30)(H,25,26,29). The molecule has 0 fully saturated rings. The fourth-order valence-electron chi connectivity index (χ4n) is 2.63. The Kier molecular flexibility index (Phi) is 6.06. The number of imidazole rings is 1. The zero-order chi connectivity index (χ0) is 22.8. The van der Waals surface area contributed by atoms with Crippen LogP contribution in [0.1, 0.15) is 27.8 Å². The first-order chi connectivity index (χ1) is 14.6. The second-order valence-electron chi connectivity index (χ2n) is 6.32. The number of nitrogens with zero attached hydrogens (tertiary/aromatic N) is 3. The lowest BCUT2D eigenvalue weighted by Crippen LogP contribution is -2.32. The van der Waals surface area contributed by atoms with Crippen molar-refractivity contribution in [3.05, 3.63) is 69.9 Å². The molecule has 13 heteroatoms. The Balaban J connectivity index is 1.82. The van der Waals surface area contributed by atoms with E-state index in [0.717, 1.165) is 18.2 Å². The summed E-state index contributed by atoms with van der Waals surface area (Å²) in [4.78, 5) is 34.9. The van der Waals surface area contributed by atoms with E-state index in [4.69, 9.17) is 0 Å². The summed E-state index contributed by atoms with van der Waals surface area (Å²) < 4.78 is 55.7. The highest BCUT2D eigenvalue weighted by Gasteiger charge is 2.32. The Morgan fingerprint density at radius 2 is 2.10 bits per heavy atom. The van der Waals surface area contributed by atoms with Crippen LogP contribution in [0.2, 0.25) is 0 Å². The number of hydrogen-bond donors (Lipinski definition) is 3. The minimum absolute atomic E-state index is 0.0125. The highest BCUT2D eigenvalue weighted by atomic mass is 19.4. The van der Waals surface area contributed by atoms with Gasteiger partial charge in [-0.1, -0.05) is 6.07 Å². The van der Waals surface area contributed by atoms with E-state index in [2.05, 4.69) is 25.0 Å². The fraction of sp³-hybridized carbons (Fsp3) is 0.222. The van der Waals surface area contributed by atoms with Gasteiger partial charge in [0.25, 0.3) is 11.5 Å². The number of aryl methyl sites for hydroxylation is 1. The largest absolute Gasteiger partial charge is 0.573 e. The van der Waals surface area contributed by atoms with Gasteiger partial charge in [-0.15, -0.1) is 13.2 Å². The summed E-state index contributed by atoms with van der Waals surface area (Å²) >= 11 is 0. The Bertz CT molecular complexity index is 1160. The molecule has 0 saturated heterocycles. The Morgan fingerprint density at radius 3 is 2.68 bits per heavy atom. The Morgan fingerprint density at radius 1 is 1.35 bits per heavy atom. The molecule has 0 radical (unpaired) electrons. The molecule has 164 valence electrons. The van der Waals surface area contributed by atoms with Crippen molar-refractivity contribution < 1.29 is 32.2 Å². The van der Waals surface area contributed by atoms with E-state index in [0.29, 0.717) is 11.8 Å². The van der Waals surface area contributed by atoms with Crippen molar-refractivity contribution in [1.29, 1.82) is 0 Å². The number of aromatic amines is 1. The molecule has 0 aliphatic heterocycles. The number of aliphatic hydroxyl groups is 1. The number of carbonyl (C=O) groups excluding carboxylic acids is 1. The van der Waals surface area contributed by atoms with E-state index in [9.17, 15) is 32.3 Å². The molecule has 3 rings (SSSR count). The Labute approximate surface area is 171 Å². The quantitative estimate of drug-likeness (QED) is 0.501. The maximum atomic E-state index is 13.9.